The normalized spacial score (nSPS) is 18.5. The zero-order valence-corrected chi connectivity index (χ0v) is 13.3. The van der Waals surface area contributed by atoms with Crippen molar-refractivity contribution in [1.29, 1.82) is 0 Å². The second-order valence-corrected chi connectivity index (χ2v) is 6.25. The Labute approximate surface area is 136 Å². The van der Waals surface area contributed by atoms with E-state index in [0.717, 1.165) is 31.5 Å². The molecule has 0 spiro atoms. The Bertz CT molecular complexity index is 537. The van der Waals surface area contributed by atoms with Gasteiger partial charge in [0, 0.05) is 38.8 Å². The highest BCUT2D eigenvalue weighted by Crippen LogP contribution is 2.19. The molecule has 1 heterocycles. The smallest absolute Gasteiger partial charge is 0.317 e. The summed E-state index contributed by atoms with van der Waals surface area (Å²) in [4.78, 5) is 27.9. The van der Waals surface area contributed by atoms with Crippen molar-refractivity contribution in [2.75, 3.05) is 32.7 Å². The standard InChI is InChI=1S/C17H24N4O2/c22-16(18-12-14-4-2-1-3-5-14)13-20-8-10-21(11-9-20)17(23)19-15-6-7-15/h1-5,15H,6-13H2,(H,18,22)(H,19,23). The van der Waals surface area contributed by atoms with Crippen molar-refractivity contribution >= 4 is 11.9 Å². The molecule has 124 valence electrons. The van der Waals surface area contributed by atoms with Crippen LogP contribution in [0.4, 0.5) is 4.79 Å². The molecule has 1 aliphatic heterocycles. The van der Waals surface area contributed by atoms with Gasteiger partial charge in [0.1, 0.15) is 0 Å². The lowest BCUT2D eigenvalue weighted by atomic mass is 10.2. The van der Waals surface area contributed by atoms with Crippen LogP contribution in [0.3, 0.4) is 0 Å². The second-order valence-electron chi connectivity index (χ2n) is 6.25. The molecule has 2 N–H and O–H groups in total. The average Bonchev–Trinajstić information content (AvgIpc) is 3.38. The van der Waals surface area contributed by atoms with Crippen LogP contribution in [0.2, 0.25) is 0 Å². The molecule has 0 radical (unpaired) electrons. The minimum absolute atomic E-state index is 0.0322. The molecule has 0 aromatic heterocycles. The van der Waals surface area contributed by atoms with E-state index >= 15 is 0 Å². The first-order valence-electron chi connectivity index (χ1n) is 8.29. The number of amides is 3. The van der Waals surface area contributed by atoms with Crippen molar-refractivity contribution in [3.05, 3.63) is 35.9 Å². The van der Waals surface area contributed by atoms with Crippen molar-refractivity contribution < 1.29 is 9.59 Å². The zero-order valence-electron chi connectivity index (χ0n) is 13.3. The Morgan fingerprint density at radius 3 is 2.39 bits per heavy atom. The van der Waals surface area contributed by atoms with Gasteiger partial charge < -0.3 is 15.5 Å². The summed E-state index contributed by atoms with van der Waals surface area (Å²) < 4.78 is 0. The first kappa shape index (κ1) is 15.8. The lowest BCUT2D eigenvalue weighted by Gasteiger charge is -2.34. The summed E-state index contributed by atoms with van der Waals surface area (Å²) in [6.07, 6.45) is 2.21. The number of carbonyl (C=O) groups is 2. The SMILES string of the molecule is O=C(CN1CCN(C(=O)NC2CC2)CC1)NCc1ccccc1. The highest BCUT2D eigenvalue weighted by atomic mass is 16.2. The minimum atomic E-state index is 0.0322. The summed E-state index contributed by atoms with van der Waals surface area (Å²) in [6.45, 7) is 3.82. The van der Waals surface area contributed by atoms with E-state index in [2.05, 4.69) is 15.5 Å². The van der Waals surface area contributed by atoms with Gasteiger partial charge in [0.05, 0.1) is 6.54 Å². The third kappa shape index (κ3) is 4.96. The molecule has 0 bridgehead atoms. The number of piperazine rings is 1. The Morgan fingerprint density at radius 2 is 1.74 bits per heavy atom. The number of urea groups is 1. The van der Waals surface area contributed by atoms with Crippen LogP contribution < -0.4 is 10.6 Å². The molecule has 1 saturated carbocycles. The van der Waals surface area contributed by atoms with Crippen LogP contribution in [-0.2, 0) is 11.3 Å². The van der Waals surface area contributed by atoms with Gasteiger partial charge in [-0.15, -0.1) is 0 Å². The number of carbonyl (C=O) groups excluding carboxylic acids is 2. The van der Waals surface area contributed by atoms with Crippen LogP contribution in [-0.4, -0.2) is 60.5 Å². The molecule has 0 unspecified atom stereocenters. The van der Waals surface area contributed by atoms with Gasteiger partial charge in [-0.2, -0.15) is 0 Å². The van der Waals surface area contributed by atoms with Crippen molar-refractivity contribution in [3.8, 4) is 0 Å². The van der Waals surface area contributed by atoms with Gasteiger partial charge >= 0.3 is 6.03 Å². The van der Waals surface area contributed by atoms with Crippen LogP contribution in [0.15, 0.2) is 30.3 Å². The summed E-state index contributed by atoms with van der Waals surface area (Å²) in [6, 6.07) is 10.3. The predicted molar refractivity (Wildman–Crippen MR) is 87.9 cm³/mol. The number of rotatable bonds is 5. The van der Waals surface area contributed by atoms with Crippen LogP contribution in [0.1, 0.15) is 18.4 Å². The maximum Gasteiger partial charge on any atom is 0.317 e. The molecule has 1 aromatic rings. The second kappa shape index (κ2) is 7.46. The molecule has 3 amide bonds. The highest BCUT2D eigenvalue weighted by molar-refractivity contribution is 5.78. The topological polar surface area (TPSA) is 64.7 Å². The molecule has 6 heteroatoms. The lowest BCUT2D eigenvalue weighted by Crippen LogP contribution is -2.53. The molecule has 1 aromatic carbocycles. The summed E-state index contributed by atoms with van der Waals surface area (Å²) in [5.74, 6) is 0.0322. The average molecular weight is 316 g/mol. The highest BCUT2D eigenvalue weighted by Gasteiger charge is 2.28. The molecule has 6 nitrogen and oxygen atoms in total. The fourth-order valence-electron chi connectivity index (χ4n) is 2.66. The molecular formula is C17H24N4O2. The van der Waals surface area contributed by atoms with E-state index in [-0.39, 0.29) is 11.9 Å². The van der Waals surface area contributed by atoms with E-state index in [1.54, 1.807) is 0 Å². The molecule has 0 atom stereocenters. The molecular weight excluding hydrogens is 292 g/mol. The Kier molecular flexibility index (Phi) is 5.12. The minimum Gasteiger partial charge on any atom is -0.351 e. The van der Waals surface area contributed by atoms with Crippen LogP contribution in [0.25, 0.3) is 0 Å². The van der Waals surface area contributed by atoms with E-state index in [9.17, 15) is 9.59 Å². The van der Waals surface area contributed by atoms with E-state index in [4.69, 9.17) is 0 Å². The van der Waals surface area contributed by atoms with E-state index in [1.807, 2.05) is 35.2 Å². The molecule has 2 fully saturated rings. The lowest BCUT2D eigenvalue weighted by molar-refractivity contribution is -0.122. The monoisotopic (exact) mass is 316 g/mol. The van der Waals surface area contributed by atoms with Crippen LogP contribution in [0, 0.1) is 0 Å². The Balaban J connectivity index is 1.34. The van der Waals surface area contributed by atoms with Crippen LogP contribution in [0.5, 0.6) is 0 Å². The molecule has 23 heavy (non-hydrogen) atoms. The number of nitrogens with zero attached hydrogens (tertiary/aromatic N) is 2. The van der Waals surface area contributed by atoms with Crippen molar-refractivity contribution in [3.63, 3.8) is 0 Å². The van der Waals surface area contributed by atoms with Gasteiger partial charge in [-0.3, -0.25) is 9.69 Å². The zero-order chi connectivity index (χ0) is 16.1. The summed E-state index contributed by atoms with van der Waals surface area (Å²) in [7, 11) is 0. The number of benzene rings is 1. The van der Waals surface area contributed by atoms with Gasteiger partial charge in [-0.05, 0) is 18.4 Å². The Morgan fingerprint density at radius 1 is 1.04 bits per heavy atom. The molecule has 1 saturated heterocycles. The number of hydrogen-bond acceptors (Lipinski definition) is 3. The third-order valence-corrected chi connectivity index (χ3v) is 4.26. The van der Waals surface area contributed by atoms with Gasteiger partial charge in [-0.25, -0.2) is 4.79 Å². The third-order valence-electron chi connectivity index (χ3n) is 4.26. The molecule has 3 rings (SSSR count). The number of nitrogens with one attached hydrogen (secondary N) is 2. The van der Waals surface area contributed by atoms with Gasteiger partial charge in [0.2, 0.25) is 5.91 Å². The van der Waals surface area contributed by atoms with Crippen molar-refractivity contribution in [2.24, 2.45) is 0 Å². The maximum atomic E-state index is 12.0. The predicted octanol–water partition coefficient (Wildman–Crippen LogP) is 0.792. The maximum absolute atomic E-state index is 12.0. The summed E-state index contributed by atoms with van der Waals surface area (Å²) >= 11 is 0. The largest absolute Gasteiger partial charge is 0.351 e. The fraction of sp³-hybridized carbons (Fsp3) is 0.529. The fourth-order valence-corrected chi connectivity index (χ4v) is 2.66. The summed E-state index contributed by atoms with van der Waals surface area (Å²) in [5.41, 5.74) is 1.10. The van der Waals surface area contributed by atoms with Gasteiger partial charge in [0.15, 0.2) is 0 Å². The van der Waals surface area contributed by atoms with E-state index in [0.29, 0.717) is 32.2 Å². The van der Waals surface area contributed by atoms with Crippen LogP contribution >= 0.6 is 0 Å². The first-order chi connectivity index (χ1) is 11.2. The van der Waals surface area contributed by atoms with Gasteiger partial charge in [0.25, 0.3) is 0 Å². The van der Waals surface area contributed by atoms with E-state index < -0.39 is 0 Å². The quantitative estimate of drug-likeness (QED) is 0.844. The first-order valence-corrected chi connectivity index (χ1v) is 8.29. The van der Waals surface area contributed by atoms with Gasteiger partial charge in [-0.1, -0.05) is 30.3 Å². The molecule has 2 aliphatic rings. The number of hydrogen-bond donors (Lipinski definition) is 2. The Hall–Kier alpha value is -2.08. The van der Waals surface area contributed by atoms with Crippen molar-refractivity contribution in [2.45, 2.75) is 25.4 Å². The van der Waals surface area contributed by atoms with Crippen molar-refractivity contribution in [1.82, 2.24) is 20.4 Å². The molecule has 1 aliphatic carbocycles. The summed E-state index contributed by atoms with van der Waals surface area (Å²) in [5, 5.41) is 5.95. The van der Waals surface area contributed by atoms with E-state index in [1.165, 1.54) is 0 Å².